The molecule has 3 nitrogen and oxygen atoms in total. The van der Waals surface area contributed by atoms with Crippen molar-refractivity contribution in [1.29, 1.82) is 0 Å². The lowest BCUT2D eigenvalue weighted by Crippen LogP contribution is -2.21. The monoisotopic (exact) mass is 307 g/mol. The number of benzene rings is 1. The molecule has 0 aliphatic carbocycles. The molecule has 1 N–H and O–H groups in total. The van der Waals surface area contributed by atoms with E-state index in [2.05, 4.69) is 21.9 Å². The Labute approximate surface area is 118 Å². The molecule has 0 saturated heterocycles. The molecular weight excluding hydrogens is 299 g/mol. The molecule has 0 saturated carbocycles. The Morgan fingerprint density at radius 2 is 2.16 bits per heavy atom. The second-order valence-corrected chi connectivity index (χ2v) is 4.16. The third-order valence-corrected chi connectivity index (χ3v) is 2.47. The van der Waals surface area contributed by atoms with Crippen LogP contribution in [0, 0.1) is 11.8 Å². The molecule has 0 radical (unpaired) electrons. The highest BCUT2D eigenvalue weighted by molar-refractivity contribution is 6.35. The maximum absolute atomic E-state index is 12.3. The van der Waals surface area contributed by atoms with Crippen molar-refractivity contribution in [2.24, 2.45) is 0 Å². The van der Waals surface area contributed by atoms with Gasteiger partial charge in [-0.1, -0.05) is 29.1 Å². The molecule has 0 aliphatic rings. The summed E-state index contributed by atoms with van der Waals surface area (Å²) in [4.78, 5) is 11.2. The number of alkyl halides is 2. The lowest BCUT2D eigenvalue weighted by molar-refractivity contribution is -0.115. The summed E-state index contributed by atoms with van der Waals surface area (Å²) in [6, 6.07) is 2.66. The maximum atomic E-state index is 12.3. The van der Waals surface area contributed by atoms with E-state index in [0.717, 1.165) is 0 Å². The SMILES string of the molecule is CC#CC(=O)NCc1cc(Cl)cc(Cl)c1OC(F)F. The summed E-state index contributed by atoms with van der Waals surface area (Å²) in [7, 11) is 0. The number of hydrogen-bond donors (Lipinski definition) is 1. The van der Waals surface area contributed by atoms with Gasteiger partial charge in [-0.2, -0.15) is 8.78 Å². The van der Waals surface area contributed by atoms with Crippen LogP contribution in [0.15, 0.2) is 12.1 Å². The molecule has 0 bridgehead atoms. The summed E-state index contributed by atoms with van der Waals surface area (Å²) in [5.74, 6) is 3.90. The molecule has 1 rings (SSSR count). The van der Waals surface area contributed by atoms with E-state index in [4.69, 9.17) is 23.2 Å². The first-order valence-electron chi connectivity index (χ1n) is 5.07. The van der Waals surface area contributed by atoms with Crippen LogP contribution in [0.5, 0.6) is 5.75 Å². The highest BCUT2D eigenvalue weighted by Crippen LogP contribution is 2.33. The van der Waals surface area contributed by atoms with Gasteiger partial charge in [-0.05, 0) is 25.0 Å². The fourth-order valence-electron chi connectivity index (χ4n) is 1.30. The van der Waals surface area contributed by atoms with E-state index in [9.17, 15) is 13.6 Å². The van der Waals surface area contributed by atoms with Crippen LogP contribution in [-0.2, 0) is 11.3 Å². The third kappa shape index (κ3) is 4.93. The van der Waals surface area contributed by atoms with Gasteiger partial charge in [0.05, 0.1) is 5.02 Å². The molecule has 0 heterocycles. The molecule has 0 unspecified atom stereocenters. The predicted octanol–water partition coefficient (Wildman–Crippen LogP) is 3.23. The summed E-state index contributed by atoms with van der Waals surface area (Å²) in [6.45, 7) is -1.60. The van der Waals surface area contributed by atoms with Gasteiger partial charge in [0.15, 0.2) is 0 Å². The van der Waals surface area contributed by atoms with Crippen molar-refractivity contribution in [2.45, 2.75) is 20.1 Å². The van der Waals surface area contributed by atoms with Gasteiger partial charge in [0.1, 0.15) is 5.75 Å². The summed E-state index contributed by atoms with van der Waals surface area (Å²) < 4.78 is 28.9. The van der Waals surface area contributed by atoms with E-state index in [1.807, 2.05) is 0 Å². The van der Waals surface area contributed by atoms with Crippen LogP contribution >= 0.6 is 23.2 Å². The number of nitrogens with one attached hydrogen (secondary N) is 1. The van der Waals surface area contributed by atoms with Crippen LogP contribution in [0.1, 0.15) is 12.5 Å². The Bertz CT molecular complexity index is 539. The van der Waals surface area contributed by atoms with Crippen molar-refractivity contribution in [3.63, 3.8) is 0 Å². The maximum Gasteiger partial charge on any atom is 0.387 e. The molecular formula is C12H9Cl2F2NO2. The Hall–Kier alpha value is -1.51. The first-order valence-corrected chi connectivity index (χ1v) is 5.83. The molecule has 0 spiro atoms. The second-order valence-electron chi connectivity index (χ2n) is 3.31. The molecule has 1 amide bonds. The molecule has 7 heteroatoms. The molecule has 0 fully saturated rings. The molecule has 19 heavy (non-hydrogen) atoms. The molecule has 1 aromatic rings. The quantitative estimate of drug-likeness (QED) is 0.867. The van der Waals surface area contributed by atoms with E-state index in [1.165, 1.54) is 19.1 Å². The first kappa shape index (κ1) is 15.5. The molecule has 0 atom stereocenters. The van der Waals surface area contributed by atoms with Gasteiger partial charge in [0.25, 0.3) is 5.91 Å². The largest absolute Gasteiger partial charge is 0.433 e. The van der Waals surface area contributed by atoms with E-state index in [0.29, 0.717) is 0 Å². The zero-order valence-electron chi connectivity index (χ0n) is 9.77. The van der Waals surface area contributed by atoms with E-state index < -0.39 is 12.5 Å². The van der Waals surface area contributed by atoms with Crippen LogP contribution < -0.4 is 10.1 Å². The minimum absolute atomic E-state index is 0.0568. The number of carbonyl (C=O) groups is 1. The first-order chi connectivity index (χ1) is 8.93. The van der Waals surface area contributed by atoms with Gasteiger partial charge in [-0.15, -0.1) is 0 Å². The highest BCUT2D eigenvalue weighted by Gasteiger charge is 2.15. The number of amides is 1. The number of rotatable bonds is 4. The third-order valence-electron chi connectivity index (χ3n) is 1.97. The molecule has 1 aromatic carbocycles. The minimum atomic E-state index is -3.02. The van der Waals surface area contributed by atoms with Gasteiger partial charge in [0.2, 0.25) is 0 Å². The van der Waals surface area contributed by atoms with Gasteiger partial charge in [0, 0.05) is 17.1 Å². The van der Waals surface area contributed by atoms with Gasteiger partial charge < -0.3 is 10.1 Å². The molecule has 0 aromatic heterocycles. The zero-order chi connectivity index (χ0) is 14.4. The van der Waals surface area contributed by atoms with Gasteiger partial charge in [-0.25, -0.2) is 0 Å². The predicted molar refractivity (Wildman–Crippen MR) is 68.4 cm³/mol. The lowest BCUT2D eigenvalue weighted by atomic mass is 10.2. The minimum Gasteiger partial charge on any atom is -0.433 e. The second kappa shape index (κ2) is 7.17. The van der Waals surface area contributed by atoms with E-state index in [1.54, 1.807) is 0 Å². The number of ether oxygens (including phenoxy) is 1. The smallest absolute Gasteiger partial charge is 0.387 e. The topological polar surface area (TPSA) is 38.3 Å². The highest BCUT2D eigenvalue weighted by atomic mass is 35.5. The fraction of sp³-hybridized carbons (Fsp3) is 0.250. The average molecular weight is 308 g/mol. The molecule has 102 valence electrons. The summed E-state index contributed by atoms with van der Waals surface area (Å²) in [5.41, 5.74) is 0.240. The number of carbonyl (C=O) groups excluding carboxylic acids is 1. The Kier molecular flexibility index (Phi) is 5.87. The van der Waals surface area contributed by atoms with Crippen molar-refractivity contribution in [2.75, 3.05) is 0 Å². The van der Waals surface area contributed by atoms with Gasteiger partial charge in [-0.3, -0.25) is 4.79 Å². The Morgan fingerprint density at radius 1 is 1.47 bits per heavy atom. The van der Waals surface area contributed by atoms with Crippen LogP contribution in [0.2, 0.25) is 10.0 Å². The van der Waals surface area contributed by atoms with Crippen molar-refractivity contribution >= 4 is 29.1 Å². The van der Waals surface area contributed by atoms with E-state index in [-0.39, 0.29) is 27.9 Å². The summed E-state index contributed by atoms with van der Waals surface area (Å²) in [5, 5.41) is 2.60. The standard InChI is InChI=1S/C12H9Cl2F2NO2/c1-2-3-10(18)17-6-7-4-8(13)5-9(14)11(7)19-12(15)16/h4-5,12H,6H2,1H3,(H,17,18). The van der Waals surface area contributed by atoms with Crippen molar-refractivity contribution in [3.05, 3.63) is 27.7 Å². The normalized spacial score (nSPS) is 9.79. The fourth-order valence-corrected chi connectivity index (χ4v) is 1.88. The van der Waals surface area contributed by atoms with Gasteiger partial charge >= 0.3 is 6.61 Å². The summed E-state index contributed by atoms with van der Waals surface area (Å²) in [6.07, 6.45) is 0. The number of hydrogen-bond acceptors (Lipinski definition) is 2. The Morgan fingerprint density at radius 3 is 2.74 bits per heavy atom. The van der Waals surface area contributed by atoms with Crippen LogP contribution in [0.3, 0.4) is 0 Å². The van der Waals surface area contributed by atoms with Crippen LogP contribution in [-0.4, -0.2) is 12.5 Å². The van der Waals surface area contributed by atoms with Crippen molar-refractivity contribution in [3.8, 4) is 17.6 Å². The lowest BCUT2D eigenvalue weighted by Gasteiger charge is -2.13. The Balaban J connectivity index is 2.96. The number of halogens is 4. The van der Waals surface area contributed by atoms with Crippen LogP contribution in [0.4, 0.5) is 8.78 Å². The van der Waals surface area contributed by atoms with E-state index >= 15 is 0 Å². The van der Waals surface area contributed by atoms with Crippen LogP contribution in [0.25, 0.3) is 0 Å². The summed E-state index contributed by atoms with van der Waals surface area (Å²) >= 11 is 11.5. The van der Waals surface area contributed by atoms with Crippen molar-refractivity contribution < 1.29 is 18.3 Å². The molecule has 0 aliphatic heterocycles. The van der Waals surface area contributed by atoms with Crippen molar-refractivity contribution in [1.82, 2.24) is 5.32 Å². The zero-order valence-corrected chi connectivity index (χ0v) is 11.3. The average Bonchev–Trinajstić information content (AvgIpc) is 2.30.